The molecule has 0 saturated heterocycles. The molecule has 1 atom stereocenters. The normalized spacial score (nSPS) is 12.1. The first-order chi connectivity index (χ1) is 9.15. The predicted octanol–water partition coefficient (Wildman–Crippen LogP) is 3.78. The van der Waals surface area contributed by atoms with Crippen molar-refractivity contribution < 1.29 is 9.90 Å². The highest BCUT2D eigenvalue weighted by Crippen LogP contribution is 2.26. The van der Waals surface area contributed by atoms with Crippen LogP contribution in [-0.4, -0.2) is 16.3 Å². The first-order valence-corrected chi connectivity index (χ1v) is 7.03. The summed E-state index contributed by atoms with van der Waals surface area (Å²) in [4.78, 5) is 12.3. The van der Waals surface area contributed by atoms with Crippen LogP contribution in [0.3, 0.4) is 0 Å². The molecule has 2 aromatic carbocycles. The zero-order valence-corrected chi connectivity index (χ0v) is 11.6. The van der Waals surface area contributed by atoms with Crippen molar-refractivity contribution in [2.75, 3.05) is 0 Å². The number of aryl methyl sites for hydroxylation is 1. The van der Waals surface area contributed by atoms with Gasteiger partial charge in [-0.1, -0.05) is 48.0 Å². The molecule has 0 radical (unpaired) electrons. The van der Waals surface area contributed by atoms with Gasteiger partial charge in [0.2, 0.25) is 0 Å². The fourth-order valence-electron chi connectivity index (χ4n) is 1.79. The molecule has 0 aliphatic heterocycles. The third-order valence-corrected chi connectivity index (χ3v) is 4.04. The number of carbonyl (C=O) groups is 1. The first kappa shape index (κ1) is 13.7. The van der Waals surface area contributed by atoms with E-state index >= 15 is 0 Å². The van der Waals surface area contributed by atoms with Crippen LogP contribution in [0, 0.1) is 6.92 Å². The highest BCUT2D eigenvalue weighted by molar-refractivity contribution is 8.00. The van der Waals surface area contributed by atoms with Gasteiger partial charge in [-0.15, -0.1) is 11.8 Å². The van der Waals surface area contributed by atoms with Gasteiger partial charge in [0, 0.05) is 4.90 Å². The Labute approximate surface area is 117 Å². The van der Waals surface area contributed by atoms with Gasteiger partial charge >= 0.3 is 5.97 Å². The second-order valence-corrected chi connectivity index (χ2v) is 5.72. The minimum absolute atomic E-state index is 0.454. The van der Waals surface area contributed by atoms with Crippen LogP contribution in [-0.2, 0) is 11.2 Å². The average Bonchev–Trinajstić information content (AvgIpc) is 2.41. The van der Waals surface area contributed by atoms with E-state index in [2.05, 4.69) is 0 Å². The van der Waals surface area contributed by atoms with E-state index in [1.807, 2.05) is 61.5 Å². The summed E-state index contributed by atoms with van der Waals surface area (Å²) < 4.78 is 0. The Hall–Kier alpha value is -1.74. The monoisotopic (exact) mass is 272 g/mol. The number of aliphatic carboxylic acids is 1. The lowest BCUT2D eigenvalue weighted by Gasteiger charge is -2.12. The molecule has 2 aromatic rings. The Balaban J connectivity index is 2.08. The zero-order valence-electron chi connectivity index (χ0n) is 10.7. The van der Waals surface area contributed by atoms with E-state index in [0.717, 1.165) is 10.5 Å². The van der Waals surface area contributed by atoms with Crippen molar-refractivity contribution in [2.24, 2.45) is 0 Å². The van der Waals surface area contributed by atoms with Crippen molar-refractivity contribution in [1.29, 1.82) is 0 Å². The van der Waals surface area contributed by atoms with Crippen LogP contribution in [0.2, 0.25) is 0 Å². The summed E-state index contributed by atoms with van der Waals surface area (Å²) in [5.41, 5.74) is 2.23. The third-order valence-electron chi connectivity index (χ3n) is 2.84. The van der Waals surface area contributed by atoms with Crippen LogP contribution in [0.15, 0.2) is 59.5 Å². The van der Waals surface area contributed by atoms with Crippen molar-refractivity contribution in [2.45, 2.75) is 23.5 Å². The topological polar surface area (TPSA) is 37.3 Å². The Morgan fingerprint density at radius 3 is 2.32 bits per heavy atom. The summed E-state index contributed by atoms with van der Waals surface area (Å²) in [6, 6.07) is 17.7. The maximum atomic E-state index is 11.4. The van der Waals surface area contributed by atoms with Crippen molar-refractivity contribution in [1.82, 2.24) is 0 Å². The van der Waals surface area contributed by atoms with E-state index in [1.54, 1.807) is 0 Å². The Bertz CT molecular complexity index is 534. The van der Waals surface area contributed by atoms with Crippen LogP contribution >= 0.6 is 11.8 Å². The summed E-state index contributed by atoms with van der Waals surface area (Å²) >= 11 is 1.40. The number of rotatable bonds is 5. The molecule has 0 saturated carbocycles. The number of hydrogen-bond acceptors (Lipinski definition) is 2. The van der Waals surface area contributed by atoms with Gasteiger partial charge in [0.15, 0.2) is 0 Å². The van der Waals surface area contributed by atoms with Crippen molar-refractivity contribution in [3.8, 4) is 0 Å². The minimum atomic E-state index is -0.769. The standard InChI is InChI=1S/C16H16O2S/c1-12-7-9-14(10-8-12)19-15(16(17)18)11-13-5-3-2-4-6-13/h2-10,15H,11H2,1H3,(H,17,18). The van der Waals surface area contributed by atoms with E-state index in [4.69, 9.17) is 0 Å². The zero-order chi connectivity index (χ0) is 13.7. The SMILES string of the molecule is Cc1ccc(SC(Cc2ccccc2)C(=O)O)cc1. The molecule has 0 aromatic heterocycles. The molecule has 0 bridgehead atoms. The highest BCUT2D eigenvalue weighted by atomic mass is 32.2. The lowest BCUT2D eigenvalue weighted by molar-refractivity contribution is -0.136. The lowest BCUT2D eigenvalue weighted by Crippen LogP contribution is -2.19. The maximum Gasteiger partial charge on any atom is 0.317 e. The van der Waals surface area contributed by atoms with Crippen molar-refractivity contribution in [3.63, 3.8) is 0 Å². The lowest BCUT2D eigenvalue weighted by atomic mass is 10.1. The van der Waals surface area contributed by atoms with Gasteiger partial charge in [0.1, 0.15) is 5.25 Å². The summed E-state index contributed by atoms with van der Waals surface area (Å²) in [5, 5.41) is 8.88. The van der Waals surface area contributed by atoms with Crippen LogP contribution < -0.4 is 0 Å². The first-order valence-electron chi connectivity index (χ1n) is 6.15. The molecule has 2 rings (SSSR count). The van der Waals surface area contributed by atoms with Crippen LogP contribution in [0.5, 0.6) is 0 Å². The molecule has 19 heavy (non-hydrogen) atoms. The number of benzene rings is 2. The second kappa shape index (κ2) is 6.43. The third kappa shape index (κ3) is 4.14. The molecule has 0 aliphatic carbocycles. The molecule has 1 unspecified atom stereocenters. The summed E-state index contributed by atoms with van der Waals surface area (Å²) in [6.45, 7) is 2.02. The van der Waals surface area contributed by atoms with Gasteiger partial charge in [0.05, 0.1) is 0 Å². The molecule has 0 fully saturated rings. The van der Waals surface area contributed by atoms with Crippen LogP contribution in [0.1, 0.15) is 11.1 Å². The summed E-state index contributed by atoms with van der Waals surface area (Å²) in [7, 11) is 0. The molecule has 0 heterocycles. The number of hydrogen-bond donors (Lipinski definition) is 1. The smallest absolute Gasteiger partial charge is 0.317 e. The molecule has 1 N–H and O–H groups in total. The van der Waals surface area contributed by atoms with Crippen LogP contribution in [0.25, 0.3) is 0 Å². The molecule has 2 nitrogen and oxygen atoms in total. The van der Waals surface area contributed by atoms with E-state index in [0.29, 0.717) is 6.42 Å². The van der Waals surface area contributed by atoms with Gasteiger partial charge in [-0.2, -0.15) is 0 Å². The molecular formula is C16H16O2S. The Morgan fingerprint density at radius 2 is 1.74 bits per heavy atom. The van der Waals surface area contributed by atoms with E-state index in [9.17, 15) is 9.90 Å². The van der Waals surface area contributed by atoms with E-state index in [1.165, 1.54) is 17.3 Å². The summed E-state index contributed by atoms with van der Waals surface area (Å²) in [5.74, 6) is -0.769. The van der Waals surface area contributed by atoms with Gasteiger partial charge in [-0.3, -0.25) is 4.79 Å². The van der Waals surface area contributed by atoms with Crippen LogP contribution in [0.4, 0.5) is 0 Å². The fourth-order valence-corrected chi connectivity index (χ4v) is 2.79. The van der Waals surface area contributed by atoms with Gasteiger partial charge < -0.3 is 5.11 Å². The second-order valence-electron chi connectivity index (χ2n) is 4.45. The van der Waals surface area contributed by atoms with Crippen molar-refractivity contribution in [3.05, 3.63) is 65.7 Å². The largest absolute Gasteiger partial charge is 0.480 e. The fraction of sp³-hybridized carbons (Fsp3) is 0.188. The number of carboxylic acid groups (broad SMARTS) is 1. The molecule has 0 aliphatic rings. The van der Waals surface area contributed by atoms with E-state index in [-0.39, 0.29) is 0 Å². The van der Waals surface area contributed by atoms with Gasteiger partial charge in [0.25, 0.3) is 0 Å². The Morgan fingerprint density at radius 1 is 1.11 bits per heavy atom. The Kier molecular flexibility index (Phi) is 4.63. The predicted molar refractivity (Wildman–Crippen MR) is 78.6 cm³/mol. The molecule has 0 spiro atoms. The average molecular weight is 272 g/mol. The van der Waals surface area contributed by atoms with Gasteiger partial charge in [-0.25, -0.2) is 0 Å². The molecule has 0 amide bonds. The van der Waals surface area contributed by atoms with E-state index < -0.39 is 11.2 Å². The minimum Gasteiger partial charge on any atom is -0.480 e. The molecule has 98 valence electrons. The number of carboxylic acids is 1. The highest BCUT2D eigenvalue weighted by Gasteiger charge is 2.19. The quantitative estimate of drug-likeness (QED) is 0.842. The van der Waals surface area contributed by atoms with Crippen molar-refractivity contribution >= 4 is 17.7 Å². The summed E-state index contributed by atoms with van der Waals surface area (Å²) in [6.07, 6.45) is 0.536. The number of thioether (sulfide) groups is 1. The molecular weight excluding hydrogens is 256 g/mol. The van der Waals surface area contributed by atoms with Gasteiger partial charge in [-0.05, 0) is 31.0 Å². The maximum absolute atomic E-state index is 11.4. The molecule has 3 heteroatoms.